The molecule has 0 saturated carbocycles. The van der Waals surface area contributed by atoms with Gasteiger partial charge >= 0.3 is 0 Å². The molecule has 4 heterocycles. The maximum absolute atomic E-state index is 11.0. The minimum Gasteiger partial charge on any atom is -0.394 e. The van der Waals surface area contributed by atoms with E-state index < -0.39 is 36.4 Å². The molecule has 0 spiro atoms. The van der Waals surface area contributed by atoms with E-state index in [0.717, 1.165) is 5.69 Å². The largest absolute Gasteiger partial charge is 0.394 e. The smallest absolute Gasteiger partial charge is 0.283 e. The maximum Gasteiger partial charge on any atom is 0.283 e. The second-order valence-corrected chi connectivity index (χ2v) is 9.11. The molecule has 1 saturated heterocycles. The number of aromatic nitrogens is 6. The topological polar surface area (TPSA) is 125 Å². The highest BCUT2D eigenvalue weighted by Crippen LogP contribution is 2.42. The zero-order chi connectivity index (χ0) is 22.8. The van der Waals surface area contributed by atoms with E-state index in [1.807, 2.05) is 13.0 Å². The Bertz CT molecular complexity index is 1130. The summed E-state index contributed by atoms with van der Waals surface area (Å²) in [6.07, 6.45) is 2.18. The summed E-state index contributed by atoms with van der Waals surface area (Å²) in [5, 5.41) is 33.4. The van der Waals surface area contributed by atoms with Gasteiger partial charge in [-0.2, -0.15) is 5.10 Å². The van der Waals surface area contributed by atoms with Crippen molar-refractivity contribution < 1.29 is 19.7 Å². The van der Waals surface area contributed by atoms with Crippen LogP contribution in [-0.2, 0) is 9.47 Å². The van der Waals surface area contributed by atoms with Crippen LogP contribution in [0.25, 0.3) is 10.7 Å². The molecule has 0 radical (unpaired) electrons. The highest BCUT2D eigenvalue weighted by atomic mass is 79.9. The van der Waals surface area contributed by atoms with Gasteiger partial charge in [0.05, 0.1) is 17.3 Å². The van der Waals surface area contributed by atoms with Crippen LogP contribution in [-0.4, -0.2) is 77.4 Å². The van der Waals surface area contributed by atoms with Gasteiger partial charge in [-0.15, -0.1) is 21.8 Å². The van der Waals surface area contributed by atoms with E-state index in [9.17, 15) is 10.2 Å². The third-order valence-electron chi connectivity index (χ3n) is 5.10. The summed E-state index contributed by atoms with van der Waals surface area (Å²) < 4.78 is 15.5. The quantitative estimate of drug-likeness (QED) is 0.467. The molecule has 0 bridgehead atoms. The van der Waals surface area contributed by atoms with Crippen molar-refractivity contribution in [3.8, 4) is 5.82 Å². The van der Waals surface area contributed by atoms with Crippen LogP contribution in [0.3, 0.4) is 0 Å². The number of aliphatic hydroxyl groups excluding tert-OH is 2. The Morgan fingerprint density at radius 1 is 1.44 bits per heavy atom. The molecular formula is C19H20BrN7O4S. The lowest BCUT2D eigenvalue weighted by Crippen LogP contribution is -2.55. The third kappa shape index (κ3) is 4.29. The molecule has 5 atom stereocenters. The summed E-state index contributed by atoms with van der Waals surface area (Å²) in [7, 11) is 1.50. The van der Waals surface area contributed by atoms with Crippen molar-refractivity contribution in [2.75, 3.05) is 13.7 Å². The van der Waals surface area contributed by atoms with Gasteiger partial charge in [-0.05, 0) is 35.0 Å². The molecule has 11 nitrogen and oxygen atoms in total. The molecule has 1 fully saturated rings. The normalized spacial score (nSPS) is 25.6. The van der Waals surface area contributed by atoms with Crippen LogP contribution >= 0.6 is 27.7 Å². The number of pyridine rings is 1. The first-order valence-corrected chi connectivity index (χ1v) is 11.2. The van der Waals surface area contributed by atoms with Crippen LogP contribution < -0.4 is 0 Å². The first-order chi connectivity index (χ1) is 15.5. The molecule has 2 unspecified atom stereocenters. The number of hydrogen-bond acceptors (Lipinski definition) is 9. The fourth-order valence-electron chi connectivity index (χ4n) is 3.54. The minimum atomic E-state index is -1.11. The number of thioether (sulfide) groups is 1. The third-order valence-corrected chi connectivity index (χ3v) is 6.70. The molecule has 0 aromatic carbocycles. The molecule has 2 N–H and O–H groups in total. The number of aryl methyl sites for hydroxylation is 1. The Morgan fingerprint density at radius 3 is 2.91 bits per heavy atom. The Balaban J connectivity index is 1.69. The molecule has 0 amide bonds. The summed E-state index contributed by atoms with van der Waals surface area (Å²) in [4.78, 5) is 8.18. The average molecular weight is 522 g/mol. The van der Waals surface area contributed by atoms with Crippen LogP contribution in [0.5, 0.6) is 0 Å². The van der Waals surface area contributed by atoms with Gasteiger partial charge in [-0.3, -0.25) is 0 Å². The second kappa shape index (κ2) is 9.65. The molecule has 0 aliphatic carbocycles. The van der Waals surface area contributed by atoms with Crippen molar-refractivity contribution in [3.63, 3.8) is 0 Å². The van der Waals surface area contributed by atoms with Crippen molar-refractivity contribution in [2.24, 2.45) is 0 Å². The molecule has 1 aliphatic rings. The van der Waals surface area contributed by atoms with E-state index >= 15 is 0 Å². The summed E-state index contributed by atoms with van der Waals surface area (Å²) >= 11 is 4.61. The van der Waals surface area contributed by atoms with E-state index in [1.54, 1.807) is 29.3 Å². The van der Waals surface area contributed by atoms with Crippen LogP contribution in [0.1, 0.15) is 11.7 Å². The summed E-state index contributed by atoms with van der Waals surface area (Å²) in [5.74, 6) is 0.703. The first-order valence-electron chi connectivity index (χ1n) is 9.56. The highest BCUT2D eigenvalue weighted by molar-refractivity contribution is 9.10. The molecule has 3 aromatic rings. The number of aliphatic hydroxyl groups is 2. The van der Waals surface area contributed by atoms with E-state index in [-0.39, 0.29) is 5.82 Å². The molecule has 168 valence electrons. The van der Waals surface area contributed by atoms with E-state index in [0.29, 0.717) is 15.2 Å². The number of hydrogen-bond donors (Lipinski definition) is 2. The molecular weight excluding hydrogens is 502 g/mol. The number of rotatable bonds is 6. The second-order valence-electron chi connectivity index (χ2n) is 7.05. The van der Waals surface area contributed by atoms with Crippen LogP contribution in [0.4, 0.5) is 5.82 Å². The Morgan fingerprint density at radius 2 is 2.25 bits per heavy atom. The zero-order valence-electron chi connectivity index (χ0n) is 17.1. The van der Waals surface area contributed by atoms with E-state index in [4.69, 9.17) is 16.0 Å². The highest BCUT2D eigenvalue weighted by Gasteiger charge is 2.47. The number of methoxy groups -OCH3 is 1. The van der Waals surface area contributed by atoms with E-state index in [1.165, 1.54) is 23.6 Å². The molecule has 32 heavy (non-hydrogen) atoms. The summed E-state index contributed by atoms with van der Waals surface area (Å²) in [6, 6.07) is 2.90. The lowest BCUT2D eigenvalue weighted by molar-refractivity contribution is -0.186. The predicted molar refractivity (Wildman–Crippen MR) is 118 cm³/mol. The average Bonchev–Trinajstić information content (AvgIpc) is 3.43. The van der Waals surface area contributed by atoms with Crippen LogP contribution in [0.2, 0.25) is 0 Å². The fourth-order valence-corrected chi connectivity index (χ4v) is 5.27. The monoisotopic (exact) mass is 521 g/mol. The summed E-state index contributed by atoms with van der Waals surface area (Å²) in [6.45, 7) is 8.88. The molecule has 3 aromatic heterocycles. The first kappa shape index (κ1) is 22.8. The Kier molecular flexibility index (Phi) is 6.89. The Hall–Kier alpha value is -2.34. The van der Waals surface area contributed by atoms with Crippen molar-refractivity contribution >= 4 is 33.5 Å². The SMILES string of the molecule is [C-]#[N+]c1ncc(Br)cc1S[C@H]1OC(CO)[C@H](O)[C@H](n2cc(-n3nccc3C)nn2)C1OC. The zero-order valence-corrected chi connectivity index (χ0v) is 19.5. The minimum absolute atomic E-state index is 0.220. The molecule has 1 aliphatic heterocycles. The standard InChI is InChI=1S/C19H20BrN7O4S/c1-10-4-5-23-27(10)14-8-26(25-24-14)15-16(29)12(9-28)31-19(17(15)30-3)32-13-6-11(20)7-22-18(13)21-2/h4-8,12,15-17,19,28-29H,9H2,1,3H3/t12?,15-,16-,17?,19+/m0/s1. The predicted octanol–water partition coefficient (Wildman–Crippen LogP) is 1.91. The van der Waals surface area contributed by atoms with Gasteiger partial charge in [-0.25, -0.2) is 9.36 Å². The van der Waals surface area contributed by atoms with Gasteiger partial charge in [-0.1, -0.05) is 11.8 Å². The van der Waals surface area contributed by atoms with Gasteiger partial charge in [0.15, 0.2) is 5.82 Å². The maximum atomic E-state index is 11.0. The van der Waals surface area contributed by atoms with Gasteiger partial charge in [0.2, 0.25) is 0 Å². The van der Waals surface area contributed by atoms with Gasteiger partial charge < -0.3 is 24.5 Å². The summed E-state index contributed by atoms with van der Waals surface area (Å²) in [5.41, 5.74) is 0.213. The van der Waals surface area contributed by atoms with E-state index in [2.05, 4.69) is 41.2 Å². The number of halogens is 1. The van der Waals surface area contributed by atoms with Crippen LogP contribution in [0, 0.1) is 13.5 Å². The molecule has 4 rings (SSSR count). The van der Waals surface area contributed by atoms with Gasteiger partial charge in [0.1, 0.15) is 36.0 Å². The van der Waals surface area contributed by atoms with Gasteiger partial charge in [0, 0.05) is 23.9 Å². The number of nitrogens with zero attached hydrogens (tertiary/aromatic N) is 7. The van der Waals surface area contributed by atoms with Crippen molar-refractivity contribution in [1.82, 2.24) is 29.8 Å². The lowest BCUT2D eigenvalue weighted by atomic mass is 9.97. The lowest BCUT2D eigenvalue weighted by Gasteiger charge is -2.43. The van der Waals surface area contributed by atoms with Crippen molar-refractivity contribution in [3.05, 3.63) is 52.3 Å². The number of ether oxygens (including phenoxy) is 2. The van der Waals surface area contributed by atoms with Gasteiger partial charge in [0.25, 0.3) is 5.82 Å². The Labute approximate surface area is 196 Å². The fraction of sp³-hybridized carbons (Fsp3) is 0.421. The van der Waals surface area contributed by atoms with Crippen LogP contribution in [0.15, 0.2) is 40.1 Å². The molecule has 13 heteroatoms. The van der Waals surface area contributed by atoms with Crippen molar-refractivity contribution in [1.29, 1.82) is 0 Å². The van der Waals surface area contributed by atoms with Crippen molar-refractivity contribution in [2.45, 2.75) is 41.6 Å².